The van der Waals surface area contributed by atoms with Gasteiger partial charge in [-0.25, -0.2) is 0 Å². The molecule has 188 valence electrons. The maximum atomic E-state index is 14.0. The fraction of sp³-hybridized carbons (Fsp3) is 0.276. The van der Waals surface area contributed by atoms with Gasteiger partial charge in [-0.2, -0.15) is 0 Å². The highest BCUT2D eigenvalue weighted by molar-refractivity contribution is 6.31. The molecule has 3 unspecified atom stereocenters. The molecule has 2 saturated heterocycles. The molecule has 0 aromatic heterocycles. The number of phenols is 1. The number of hydrogen-bond acceptors (Lipinski definition) is 5. The van der Waals surface area contributed by atoms with Crippen LogP contribution in [0, 0.1) is 18.8 Å². The molecule has 6 rings (SSSR count). The van der Waals surface area contributed by atoms with Crippen molar-refractivity contribution in [2.45, 2.75) is 31.3 Å². The normalized spacial score (nSPS) is 26.1. The lowest BCUT2D eigenvalue weighted by Gasteiger charge is -2.30. The van der Waals surface area contributed by atoms with Crippen LogP contribution in [-0.4, -0.2) is 40.3 Å². The highest BCUT2D eigenvalue weighted by atomic mass is 35.5. The molecule has 8 heteroatoms. The van der Waals surface area contributed by atoms with E-state index in [0.717, 1.165) is 16.7 Å². The molecule has 3 aliphatic rings. The molecular formula is C29H26ClN3O4. The number of likely N-dealkylation sites (tertiary alicyclic amines) is 1. The summed E-state index contributed by atoms with van der Waals surface area (Å²) in [5.74, 6) is -2.41. The van der Waals surface area contributed by atoms with E-state index < -0.39 is 23.4 Å². The Balaban J connectivity index is 1.42. The lowest BCUT2D eigenvalue weighted by Crippen LogP contribution is -2.53. The van der Waals surface area contributed by atoms with Gasteiger partial charge in [-0.1, -0.05) is 54.1 Å². The van der Waals surface area contributed by atoms with Gasteiger partial charge in [0, 0.05) is 28.9 Å². The van der Waals surface area contributed by atoms with E-state index in [-0.39, 0.29) is 30.0 Å². The van der Waals surface area contributed by atoms with Crippen LogP contribution in [0.2, 0.25) is 5.02 Å². The van der Waals surface area contributed by atoms with Crippen LogP contribution < -0.4 is 10.6 Å². The Morgan fingerprint density at radius 1 is 0.973 bits per heavy atom. The predicted molar refractivity (Wildman–Crippen MR) is 139 cm³/mol. The van der Waals surface area contributed by atoms with Crippen molar-refractivity contribution in [2.24, 2.45) is 11.8 Å². The number of benzene rings is 3. The summed E-state index contributed by atoms with van der Waals surface area (Å²) in [5.41, 5.74) is 2.55. The summed E-state index contributed by atoms with van der Waals surface area (Å²) in [6.45, 7) is 2.11. The minimum Gasteiger partial charge on any atom is -0.508 e. The zero-order valence-electron chi connectivity index (χ0n) is 20.2. The number of halogens is 1. The average Bonchev–Trinajstić information content (AvgIpc) is 3.45. The minimum absolute atomic E-state index is 0.144. The summed E-state index contributed by atoms with van der Waals surface area (Å²) < 4.78 is 0. The van der Waals surface area contributed by atoms with E-state index >= 15 is 0 Å². The number of carbonyl (C=O) groups is 3. The Bertz CT molecular complexity index is 1430. The molecule has 0 radical (unpaired) electrons. The number of nitrogens with one attached hydrogen (secondary N) is 2. The Hall–Kier alpha value is -3.68. The summed E-state index contributed by atoms with van der Waals surface area (Å²) in [4.78, 5) is 42.8. The summed E-state index contributed by atoms with van der Waals surface area (Å²) in [6, 6.07) is 19.5. The zero-order valence-corrected chi connectivity index (χ0v) is 21.0. The van der Waals surface area contributed by atoms with Crippen LogP contribution >= 0.6 is 11.6 Å². The Morgan fingerprint density at radius 3 is 2.43 bits per heavy atom. The smallest absolute Gasteiger partial charge is 0.250 e. The largest absolute Gasteiger partial charge is 0.508 e. The van der Waals surface area contributed by atoms with Gasteiger partial charge in [-0.15, -0.1) is 0 Å². The number of nitrogens with zero attached hydrogens (tertiary/aromatic N) is 1. The molecule has 0 saturated carbocycles. The first-order valence-electron chi connectivity index (χ1n) is 12.4. The van der Waals surface area contributed by atoms with Crippen molar-refractivity contribution >= 4 is 35.0 Å². The fourth-order valence-corrected chi connectivity index (χ4v) is 6.53. The number of fused-ring (bicyclic) bond motifs is 4. The topological polar surface area (TPSA) is 98.7 Å². The maximum absolute atomic E-state index is 14.0. The molecular weight excluding hydrogens is 490 g/mol. The van der Waals surface area contributed by atoms with Crippen molar-refractivity contribution in [1.29, 1.82) is 0 Å². The van der Waals surface area contributed by atoms with E-state index in [1.807, 2.05) is 37.3 Å². The van der Waals surface area contributed by atoms with E-state index in [1.54, 1.807) is 36.4 Å². The van der Waals surface area contributed by atoms with Gasteiger partial charge in [-0.3, -0.25) is 24.6 Å². The lowest BCUT2D eigenvalue weighted by atomic mass is 9.76. The van der Waals surface area contributed by atoms with E-state index in [1.165, 1.54) is 4.90 Å². The van der Waals surface area contributed by atoms with Gasteiger partial charge in [0.25, 0.3) is 0 Å². The van der Waals surface area contributed by atoms with Crippen molar-refractivity contribution in [2.75, 3.05) is 11.9 Å². The van der Waals surface area contributed by atoms with Gasteiger partial charge in [0.2, 0.25) is 17.7 Å². The zero-order chi connectivity index (χ0) is 25.9. The maximum Gasteiger partial charge on any atom is 0.250 e. The quantitative estimate of drug-likeness (QED) is 0.451. The van der Waals surface area contributed by atoms with Crippen molar-refractivity contribution in [1.82, 2.24) is 10.2 Å². The molecule has 37 heavy (non-hydrogen) atoms. The molecule has 0 bridgehead atoms. The summed E-state index contributed by atoms with van der Waals surface area (Å²) in [5, 5.41) is 16.6. The minimum atomic E-state index is -1.40. The first kappa shape index (κ1) is 23.7. The molecule has 2 fully saturated rings. The van der Waals surface area contributed by atoms with E-state index in [0.29, 0.717) is 29.1 Å². The van der Waals surface area contributed by atoms with Crippen LogP contribution in [0.4, 0.5) is 5.69 Å². The average molecular weight is 516 g/mol. The van der Waals surface area contributed by atoms with Crippen molar-refractivity contribution in [3.63, 3.8) is 0 Å². The van der Waals surface area contributed by atoms with Crippen LogP contribution in [0.25, 0.3) is 0 Å². The second-order valence-corrected chi connectivity index (χ2v) is 10.5. The molecule has 3 aromatic carbocycles. The molecule has 3 amide bonds. The molecule has 3 heterocycles. The van der Waals surface area contributed by atoms with Gasteiger partial charge in [0.15, 0.2) is 0 Å². The number of anilines is 1. The van der Waals surface area contributed by atoms with E-state index in [4.69, 9.17) is 11.6 Å². The molecule has 1 spiro atoms. The van der Waals surface area contributed by atoms with Gasteiger partial charge >= 0.3 is 0 Å². The van der Waals surface area contributed by atoms with Gasteiger partial charge < -0.3 is 10.4 Å². The molecule has 0 aliphatic carbocycles. The molecule has 3 aliphatic heterocycles. The number of carbonyl (C=O) groups excluding carboxylic acids is 3. The number of rotatable bonds is 5. The van der Waals surface area contributed by atoms with Crippen LogP contribution in [0.3, 0.4) is 0 Å². The highest BCUT2D eigenvalue weighted by Crippen LogP contribution is 2.54. The standard InChI is InChI=1S/C29H26ClN3O4/c1-16-13-19(30)15-21-25(16)31-28(37)29(21)24-23(22(32-29)14-18-7-9-20(34)10-8-18)26(35)33(27(24)36)12-11-17-5-3-2-4-6-17/h2-10,13,15,22-24,32,34H,11-12,14H2,1H3,(H,31,37)/t22?,23?,24?,29-/m0/s1. The molecule has 3 N–H and O–H groups in total. The number of phenolic OH excluding ortho intramolecular Hbond substituents is 1. The first-order chi connectivity index (χ1) is 17.8. The molecule has 3 aromatic rings. The second-order valence-electron chi connectivity index (χ2n) is 10.1. The molecule has 4 atom stereocenters. The number of imide groups is 1. The van der Waals surface area contributed by atoms with Crippen LogP contribution in [0.1, 0.15) is 22.3 Å². The number of hydrogen-bond donors (Lipinski definition) is 3. The highest BCUT2D eigenvalue weighted by Gasteiger charge is 2.70. The third kappa shape index (κ3) is 3.64. The first-order valence-corrected chi connectivity index (χ1v) is 12.7. The van der Waals surface area contributed by atoms with Crippen LogP contribution in [-0.2, 0) is 32.8 Å². The number of aryl methyl sites for hydroxylation is 1. The summed E-state index contributed by atoms with van der Waals surface area (Å²) in [7, 11) is 0. The second kappa shape index (κ2) is 8.71. The van der Waals surface area contributed by atoms with E-state index in [2.05, 4.69) is 10.6 Å². The third-order valence-corrected chi connectivity index (χ3v) is 8.15. The SMILES string of the molecule is Cc1cc(Cl)cc2c1NC(=O)[C@]21NC(Cc2ccc(O)cc2)C2C(=O)N(CCc3ccccc3)C(=O)C21. The van der Waals surface area contributed by atoms with Crippen molar-refractivity contribution < 1.29 is 19.5 Å². The number of aromatic hydroxyl groups is 1. The monoisotopic (exact) mass is 515 g/mol. The van der Waals surface area contributed by atoms with Crippen LogP contribution in [0.15, 0.2) is 66.7 Å². The van der Waals surface area contributed by atoms with Gasteiger partial charge in [0.1, 0.15) is 11.3 Å². The summed E-state index contributed by atoms with van der Waals surface area (Å²) >= 11 is 6.42. The van der Waals surface area contributed by atoms with Crippen molar-refractivity contribution in [3.8, 4) is 5.75 Å². The van der Waals surface area contributed by atoms with Crippen molar-refractivity contribution in [3.05, 3.63) is 94.0 Å². The third-order valence-electron chi connectivity index (χ3n) is 7.94. The Morgan fingerprint density at radius 2 is 1.70 bits per heavy atom. The Labute approximate surface area is 219 Å². The predicted octanol–water partition coefficient (Wildman–Crippen LogP) is 3.56. The fourth-order valence-electron chi connectivity index (χ4n) is 6.26. The van der Waals surface area contributed by atoms with Crippen LogP contribution in [0.5, 0.6) is 5.75 Å². The molecule has 7 nitrogen and oxygen atoms in total. The van der Waals surface area contributed by atoms with Gasteiger partial charge in [0.05, 0.1) is 11.8 Å². The number of amides is 3. The van der Waals surface area contributed by atoms with E-state index in [9.17, 15) is 19.5 Å². The summed E-state index contributed by atoms with van der Waals surface area (Å²) in [6.07, 6.45) is 0.950. The Kier molecular flexibility index (Phi) is 5.58. The lowest BCUT2D eigenvalue weighted by molar-refractivity contribution is -0.142. The van der Waals surface area contributed by atoms with Gasteiger partial charge in [-0.05, 0) is 60.7 Å².